The zero-order valence-corrected chi connectivity index (χ0v) is 15.2. The van der Waals surface area contributed by atoms with Crippen molar-refractivity contribution in [1.29, 1.82) is 0 Å². The van der Waals surface area contributed by atoms with Crippen LogP contribution in [0.2, 0.25) is 0 Å². The largest absolute Gasteiger partial charge is 0.497 e. The molecule has 0 amide bonds. The minimum Gasteiger partial charge on any atom is -0.497 e. The summed E-state index contributed by atoms with van der Waals surface area (Å²) < 4.78 is 12.2. The van der Waals surface area contributed by atoms with E-state index in [4.69, 9.17) is 9.47 Å². The summed E-state index contributed by atoms with van der Waals surface area (Å²) in [5.74, 6) is 1.69. The summed E-state index contributed by atoms with van der Waals surface area (Å²) in [4.78, 5) is 0. The predicted molar refractivity (Wildman–Crippen MR) is 97.9 cm³/mol. The summed E-state index contributed by atoms with van der Waals surface area (Å²) in [6.07, 6.45) is 6.98. The number of hydrogen-bond acceptors (Lipinski definition) is 6. The van der Waals surface area contributed by atoms with Gasteiger partial charge in [0.25, 0.3) is 0 Å². The number of nitrogens with zero attached hydrogens (tertiary/aromatic N) is 5. The van der Waals surface area contributed by atoms with Crippen molar-refractivity contribution in [3.8, 4) is 5.75 Å². The van der Waals surface area contributed by atoms with Gasteiger partial charge >= 0.3 is 0 Å². The highest BCUT2D eigenvalue weighted by Gasteiger charge is 1.95. The van der Waals surface area contributed by atoms with E-state index < -0.39 is 0 Å². The van der Waals surface area contributed by atoms with Crippen molar-refractivity contribution >= 4 is 5.84 Å². The summed E-state index contributed by atoms with van der Waals surface area (Å²) >= 11 is 0. The van der Waals surface area contributed by atoms with E-state index in [-0.39, 0.29) is 0 Å². The molecule has 1 N–H and O–H groups in total. The number of aromatic nitrogens is 1. The third-order valence-corrected chi connectivity index (χ3v) is 2.91. The molecule has 1 rings (SSSR count). The van der Waals surface area contributed by atoms with Crippen molar-refractivity contribution in [2.75, 3.05) is 21.3 Å². The first-order valence-electron chi connectivity index (χ1n) is 7.49. The van der Waals surface area contributed by atoms with E-state index in [9.17, 15) is 0 Å². The zero-order valence-electron chi connectivity index (χ0n) is 15.2. The van der Waals surface area contributed by atoms with Gasteiger partial charge in [-0.3, -0.25) is 0 Å². The fourth-order valence-corrected chi connectivity index (χ4v) is 1.58. The average Bonchev–Trinajstić information content (AvgIpc) is 2.62. The molecule has 0 aliphatic heterocycles. The number of nitrogens with one attached hydrogen (secondary N) is 1. The van der Waals surface area contributed by atoms with Gasteiger partial charge in [-0.1, -0.05) is 6.58 Å². The molecule has 8 nitrogen and oxygen atoms in total. The van der Waals surface area contributed by atoms with Gasteiger partial charge in [0.05, 0.1) is 19.9 Å². The molecule has 134 valence electrons. The molecule has 1 aromatic heterocycles. The Hall–Kier alpha value is -3.16. The Bertz CT molecular complexity index is 772. The number of pyridine rings is 1. The van der Waals surface area contributed by atoms with Gasteiger partial charge in [-0.25, -0.2) is 0 Å². The fraction of sp³-hybridized carbons (Fsp3) is 0.294. The molecule has 0 spiro atoms. The second-order valence-electron chi connectivity index (χ2n) is 4.85. The van der Waals surface area contributed by atoms with Crippen LogP contribution in [-0.4, -0.2) is 31.7 Å². The van der Waals surface area contributed by atoms with Crippen LogP contribution in [0.5, 0.6) is 5.75 Å². The topological polar surface area (TPSA) is 84.9 Å². The second-order valence-corrected chi connectivity index (χ2v) is 4.85. The molecule has 0 atom stereocenters. The van der Waals surface area contributed by atoms with Gasteiger partial charge in [-0.2, -0.15) is 0 Å². The quantitative estimate of drug-likeness (QED) is 0.206. The second kappa shape index (κ2) is 10.6. The van der Waals surface area contributed by atoms with E-state index in [1.54, 1.807) is 52.6 Å². The molecule has 0 saturated carbocycles. The van der Waals surface area contributed by atoms with Crippen LogP contribution in [0.1, 0.15) is 6.92 Å². The van der Waals surface area contributed by atoms with Gasteiger partial charge in [-0.05, 0) is 25.3 Å². The molecule has 0 aromatic carbocycles. The van der Waals surface area contributed by atoms with E-state index in [0.29, 0.717) is 28.5 Å². The highest BCUT2D eigenvalue weighted by molar-refractivity contribution is 5.79. The van der Waals surface area contributed by atoms with Crippen molar-refractivity contribution in [2.24, 2.45) is 27.5 Å². The molecule has 1 aromatic rings. The first kappa shape index (κ1) is 19.9. The van der Waals surface area contributed by atoms with Crippen LogP contribution in [0.25, 0.3) is 0 Å². The lowest BCUT2D eigenvalue weighted by molar-refractivity contribution is 0.306. The molecular weight excluding hydrogens is 320 g/mol. The average molecular weight is 344 g/mol. The summed E-state index contributed by atoms with van der Waals surface area (Å²) in [6, 6.07) is 3.61. The van der Waals surface area contributed by atoms with E-state index in [0.717, 1.165) is 0 Å². The summed E-state index contributed by atoms with van der Waals surface area (Å²) in [5, 5.41) is 19.0. The monoisotopic (exact) mass is 344 g/mol. The van der Waals surface area contributed by atoms with Crippen LogP contribution in [0.15, 0.2) is 75.1 Å². The number of azo groups is 1. The zero-order chi connectivity index (χ0) is 18.7. The predicted octanol–water partition coefficient (Wildman–Crippen LogP) is 2.50. The maximum Gasteiger partial charge on any atom is 0.170 e. The number of ether oxygens (including phenoxy) is 2. The van der Waals surface area contributed by atoms with Gasteiger partial charge in [0.15, 0.2) is 11.3 Å². The van der Waals surface area contributed by atoms with Crippen LogP contribution in [0.3, 0.4) is 0 Å². The van der Waals surface area contributed by atoms with Gasteiger partial charge < -0.3 is 19.4 Å². The van der Waals surface area contributed by atoms with Crippen LogP contribution >= 0.6 is 0 Å². The Balaban J connectivity index is 2.89. The van der Waals surface area contributed by atoms with Crippen LogP contribution in [0, 0.1) is 0 Å². The van der Waals surface area contributed by atoms with E-state index in [2.05, 4.69) is 32.3 Å². The van der Waals surface area contributed by atoms with Crippen molar-refractivity contribution < 1.29 is 9.47 Å². The minimum atomic E-state index is 0.391. The number of allylic oxidation sites excluding steroid dienone is 2. The number of rotatable bonds is 7. The normalized spacial score (nSPS) is 13.6. The molecular formula is C17H24N6O2. The minimum absolute atomic E-state index is 0.391. The van der Waals surface area contributed by atoms with Crippen LogP contribution < -0.4 is 15.5 Å². The number of aryl methyl sites for hydroxylation is 1. The van der Waals surface area contributed by atoms with Gasteiger partial charge in [-0.15, -0.1) is 20.4 Å². The lowest BCUT2D eigenvalue weighted by Gasteiger charge is -2.01. The lowest BCUT2D eigenvalue weighted by Crippen LogP contribution is -2.16. The summed E-state index contributed by atoms with van der Waals surface area (Å²) in [7, 11) is 6.82. The Labute approximate surface area is 147 Å². The summed E-state index contributed by atoms with van der Waals surface area (Å²) in [6.45, 7) is 5.50. The smallest absolute Gasteiger partial charge is 0.170 e. The first-order valence-corrected chi connectivity index (χ1v) is 7.49. The molecule has 0 radical (unpaired) electrons. The van der Waals surface area contributed by atoms with Gasteiger partial charge in [0.2, 0.25) is 0 Å². The highest BCUT2D eigenvalue weighted by Crippen LogP contribution is 2.05. The molecule has 25 heavy (non-hydrogen) atoms. The number of amidine groups is 1. The SMILES string of the molecule is C=C(/C=C(\C=C/NC)OC)/N=N/C(C)=N/N=c1\cc(OC)ccn1C. The summed E-state index contributed by atoms with van der Waals surface area (Å²) in [5.41, 5.74) is 1.06. The van der Waals surface area contributed by atoms with Crippen molar-refractivity contribution in [3.05, 3.63) is 60.2 Å². The molecule has 0 fully saturated rings. The van der Waals surface area contributed by atoms with E-state index in [1.165, 1.54) is 0 Å². The highest BCUT2D eigenvalue weighted by atomic mass is 16.5. The number of methoxy groups -OCH3 is 2. The van der Waals surface area contributed by atoms with Crippen molar-refractivity contribution in [1.82, 2.24) is 9.88 Å². The Morgan fingerprint density at radius 1 is 1.32 bits per heavy atom. The molecule has 0 saturated heterocycles. The maximum absolute atomic E-state index is 5.18. The third-order valence-electron chi connectivity index (χ3n) is 2.91. The fourth-order valence-electron chi connectivity index (χ4n) is 1.58. The van der Waals surface area contributed by atoms with Crippen molar-refractivity contribution in [2.45, 2.75) is 6.92 Å². The number of hydrogen-bond donors (Lipinski definition) is 1. The molecule has 8 heteroatoms. The molecule has 0 aliphatic rings. The van der Waals surface area contributed by atoms with Crippen LogP contribution in [-0.2, 0) is 11.8 Å². The van der Waals surface area contributed by atoms with Gasteiger partial charge in [0.1, 0.15) is 11.5 Å². The van der Waals surface area contributed by atoms with E-state index >= 15 is 0 Å². The van der Waals surface area contributed by atoms with E-state index in [1.807, 2.05) is 23.9 Å². The van der Waals surface area contributed by atoms with Crippen LogP contribution in [0.4, 0.5) is 0 Å². The Morgan fingerprint density at radius 3 is 2.72 bits per heavy atom. The lowest BCUT2D eigenvalue weighted by atomic mass is 10.4. The Morgan fingerprint density at radius 2 is 2.08 bits per heavy atom. The first-order chi connectivity index (χ1) is 12.0. The maximum atomic E-state index is 5.18. The van der Waals surface area contributed by atoms with Gasteiger partial charge in [0, 0.05) is 32.4 Å². The van der Waals surface area contributed by atoms with Crippen molar-refractivity contribution in [3.63, 3.8) is 0 Å². The molecule has 0 unspecified atom stereocenters. The Kier molecular flexibility index (Phi) is 8.42. The molecule has 0 aliphatic carbocycles. The molecule has 1 heterocycles. The standard InChI is InChI=1S/C17H24N6O2/c1-13(11-15(24-5)7-9-18-3)19-20-14(2)21-22-17-12-16(25-6)8-10-23(17)4/h7-12,18H,1H2,2-6H3/b9-7-,15-11+,20-19+,21-14+,22-17+. The molecule has 0 bridgehead atoms. The third kappa shape index (κ3) is 7.30.